The minimum absolute atomic E-state index is 0.302. The number of nitrogens with one attached hydrogen (secondary N) is 1. The molecule has 1 aliphatic rings. The molecule has 0 bridgehead atoms. The van der Waals surface area contributed by atoms with Gasteiger partial charge >= 0.3 is 0 Å². The number of nitrogens with zero attached hydrogens (tertiary/aromatic N) is 1. The lowest BCUT2D eigenvalue weighted by molar-refractivity contribution is 0.239. The molecule has 4 nitrogen and oxygen atoms in total. The molecule has 0 radical (unpaired) electrons. The fraction of sp³-hybridized carbons (Fsp3) is 1.00. The third-order valence-corrected chi connectivity index (χ3v) is 4.54. The van der Waals surface area contributed by atoms with Crippen LogP contribution in [0.1, 0.15) is 20.3 Å². The van der Waals surface area contributed by atoms with Crippen molar-refractivity contribution in [3.05, 3.63) is 0 Å². The van der Waals surface area contributed by atoms with Crippen LogP contribution in [0.5, 0.6) is 0 Å². The summed E-state index contributed by atoms with van der Waals surface area (Å²) in [6.45, 7) is 5.25. The van der Waals surface area contributed by atoms with E-state index in [1.807, 2.05) is 20.9 Å². The zero-order valence-corrected chi connectivity index (χ0v) is 9.32. The summed E-state index contributed by atoms with van der Waals surface area (Å²) in [7, 11) is -1.14. The van der Waals surface area contributed by atoms with Gasteiger partial charge in [-0.1, -0.05) is 0 Å². The Morgan fingerprint density at radius 1 is 1.46 bits per heavy atom. The van der Waals surface area contributed by atoms with E-state index in [2.05, 4.69) is 5.32 Å². The van der Waals surface area contributed by atoms with Crippen LogP contribution in [0.3, 0.4) is 0 Å². The van der Waals surface area contributed by atoms with Crippen LogP contribution in [0, 0.1) is 0 Å². The molecule has 0 unspecified atom stereocenters. The normalized spacial score (nSPS) is 23.6. The monoisotopic (exact) mass is 206 g/mol. The van der Waals surface area contributed by atoms with Crippen molar-refractivity contribution in [1.29, 1.82) is 0 Å². The van der Waals surface area contributed by atoms with Crippen molar-refractivity contribution >= 4 is 10.0 Å². The molecule has 1 fully saturated rings. The van der Waals surface area contributed by atoms with Gasteiger partial charge in [-0.15, -0.1) is 0 Å². The molecule has 78 valence electrons. The van der Waals surface area contributed by atoms with Crippen molar-refractivity contribution in [2.75, 3.05) is 25.9 Å². The Labute approximate surface area is 80.4 Å². The summed E-state index contributed by atoms with van der Waals surface area (Å²) >= 11 is 0. The average molecular weight is 206 g/mol. The number of sulfonamides is 1. The third-order valence-electron chi connectivity index (χ3n) is 2.38. The summed E-state index contributed by atoms with van der Waals surface area (Å²) in [5, 5.41) is 3.02. The van der Waals surface area contributed by atoms with Crippen LogP contribution in [-0.4, -0.2) is 44.2 Å². The Bertz CT molecular complexity index is 272. The highest BCUT2D eigenvalue weighted by molar-refractivity contribution is 7.89. The molecule has 1 heterocycles. The minimum atomic E-state index is -2.97. The molecule has 0 saturated carbocycles. The lowest BCUT2D eigenvalue weighted by Gasteiger charge is -2.33. The molecule has 0 atom stereocenters. The van der Waals surface area contributed by atoms with Crippen molar-refractivity contribution in [3.8, 4) is 0 Å². The fourth-order valence-corrected chi connectivity index (χ4v) is 3.78. The summed E-state index contributed by atoms with van der Waals surface area (Å²) in [5.74, 6) is 0.306. The maximum Gasteiger partial charge on any atom is 0.214 e. The van der Waals surface area contributed by atoms with Crippen LogP contribution in [0.15, 0.2) is 0 Å². The van der Waals surface area contributed by atoms with Crippen LogP contribution in [-0.2, 0) is 10.0 Å². The molecule has 0 aromatic heterocycles. The topological polar surface area (TPSA) is 49.4 Å². The number of hydrogen-bond donors (Lipinski definition) is 1. The average Bonchev–Trinajstić information content (AvgIpc) is 2.29. The minimum Gasteiger partial charge on any atom is -0.318 e. The molecule has 5 heteroatoms. The fourth-order valence-electron chi connectivity index (χ4n) is 1.84. The van der Waals surface area contributed by atoms with Crippen molar-refractivity contribution in [2.24, 2.45) is 0 Å². The van der Waals surface area contributed by atoms with E-state index in [9.17, 15) is 8.42 Å². The van der Waals surface area contributed by atoms with Crippen molar-refractivity contribution in [3.63, 3.8) is 0 Å². The van der Waals surface area contributed by atoms with Crippen molar-refractivity contribution < 1.29 is 8.42 Å². The van der Waals surface area contributed by atoms with Gasteiger partial charge in [-0.2, -0.15) is 4.31 Å². The summed E-state index contributed by atoms with van der Waals surface area (Å²) < 4.78 is 24.8. The summed E-state index contributed by atoms with van der Waals surface area (Å²) in [5.41, 5.74) is -0.302. The Kier molecular flexibility index (Phi) is 2.99. The van der Waals surface area contributed by atoms with E-state index in [1.165, 1.54) is 0 Å². The zero-order chi connectivity index (χ0) is 10.1. The summed E-state index contributed by atoms with van der Waals surface area (Å²) in [6.07, 6.45) is 0.759. The SMILES string of the molecule is CNCC(C)(C)N1CCCS1(=O)=O. The van der Waals surface area contributed by atoms with E-state index in [0.717, 1.165) is 6.42 Å². The molecule has 0 aromatic rings. The van der Waals surface area contributed by atoms with Gasteiger partial charge in [-0.3, -0.25) is 0 Å². The highest BCUT2D eigenvalue weighted by atomic mass is 32.2. The second-order valence-electron chi connectivity index (χ2n) is 4.08. The van der Waals surface area contributed by atoms with Crippen LogP contribution in [0.2, 0.25) is 0 Å². The van der Waals surface area contributed by atoms with E-state index in [-0.39, 0.29) is 5.54 Å². The van der Waals surface area contributed by atoms with Crippen LogP contribution < -0.4 is 5.32 Å². The molecule has 0 aliphatic carbocycles. The Morgan fingerprint density at radius 3 is 2.46 bits per heavy atom. The highest BCUT2D eigenvalue weighted by Crippen LogP contribution is 2.24. The van der Waals surface area contributed by atoms with Gasteiger partial charge in [0.05, 0.1) is 5.75 Å². The standard InChI is InChI=1S/C8H18N2O2S/c1-8(2,7-9-3)10-5-4-6-13(10,11)12/h9H,4-7H2,1-3H3. The second kappa shape index (κ2) is 3.55. The highest BCUT2D eigenvalue weighted by Gasteiger charge is 2.38. The number of likely N-dealkylation sites (N-methyl/N-ethyl adjacent to an activating group) is 1. The maximum absolute atomic E-state index is 11.6. The van der Waals surface area contributed by atoms with Gasteiger partial charge in [-0.05, 0) is 27.3 Å². The lowest BCUT2D eigenvalue weighted by Crippen LogP contribution is -2.50. The predicted octanol–water partition coefficient (Wildman–Crippen LogP) is 0.0199. The first-order valence-corrected chi connectivity index (χ1v) is 6.16. The first-order chi connectivity index (χ1) is 5.90. The van der Waals surface area contributed by atoms with Gasteiger partial charge in [0.2, 0.25) is 10.0 Å². The van der Waals surface area contributed by atoms with Gasteiger partial charge < -0.3 is 5.32 Å². The Morgan fingerprint density at radius 2 is 2.08 bits per heavy atom. The molecule has 1 saturated heterocycles. The number of hydrogen-bond acceptors (Lipinski definition) is 3. The zero-order valence-electron chi connectivity index (χ0n) is 8.50. The number of rotatable bonds is 3. The Balaban J connectivity index is 2.82. The van der Waals surface area contributed by atoms with Gasteiger partial charge in [-0.25, -0.2) is 8.42 Å². The quantitative estimate of drug-likeness (QED) is 0.708. The molecule has 1 N–H and O–H groups in total. The molecular weight excluding hydrogens is 188 g/mol. The van der Waals surface area contributed by atoms with Gasteiger partial charge in [0, 0.05) is 18.6 Å². The summed E-state index contributed by atoms with van der Waals surface area (Å²) in [4.78, 5) is 0. The smallest absolute Gasteiger partial charge is 0.214 e. The van der Waals surface area contributed by atoms with Crippen LogP contribution in [0.4, 0.5) is 0 Å². The summed E-state index contributed by atoms with van der Waals surface area (Å²) in [6, 6.07) is 0. The maximum atomic E-state index is 11.6. The molecular formula is C8H18N2O2S. The molecule has 0 amide bonds. The van der Waals surface area contributed by atoms with Crippen LogP contribution >= 0.6 is 0 Å². The molecule has 1 aliphatic heterocycles. The Hall–Kier alpha value is -0.130. The largest absolute Gasteiger partial charge is 0.318 e. The van der Waals surface area contributed by atoms with Gasteiger partial charge in [0.1, 0.15) is 0 Å². The molecule has 13 heavy (non-hydrogen) atoms. The van der Waals surface area contributed by atoms with E-state index in [4.69, 9.17) is 0 Å². The third kappa shape index (κ3) is 2.21. The van der Waals surface area contributed by atoms with E-state index in [0.29, 0.717) is 18.8 Å². The predicted molar refractivity (Wildman–Crippen MR) is 53.1 cm³/mol. The van der Waals surface area contributed by atoms with Crippen molar-refractivity contribution in [2.45, 2.75) is 25.8 Å². The molecule has 1 rings (SSSR count). The van der Waals surface area contributed by atoms with Gasteiger partial charge in [0.15, 0.2) is 0 Å². The first-order valence-electron chi connectivity index (χ1n) is 4.55. The van der Waals surface area contributed by atoms with E-state index in [1.54, 1.807) is 4.31 Å². The van der Waals surface area contributed by atoms with E-state index >= 15 is 0 Å². The van der Waals surface area contributed by atoms with Crippen molar-refractivity contribution in [1.82, 2.24) is 9.62 Å². The first kappa shape index (κ1) is 10.9. The van der Waals surface area contributed by atoms with E-state index < -0.39 is 10.0 Å². The molecule has 0 aromatic carbocycles. The van der Waals surface area contributed by atoms with Crippen LogP contribution in [0.25, 0.3) is 0 Å². The second-order valence-corrected chi connectivity index (χ2v) is 6.10. The van der Waals surface area contributed by atoms with Gasteiger partial charge in [0.25, 0.3) is 0 Å². The molecule has 0 spiro atoms. The lowest BCUT2D eigenvalue weighted by atomic mass is 10.1.